The number of rotatable bonds is 16. The van der Waals surface area contributed by atoms with Crippen LogP contribution in [0.4, 0.5) is 0 Å². The average Bonchev–Trinajstić information content (AvgIpc) is 2.84. The Balaban J connectivity index is 3.13. The number of guanidine groups is 1. The minimum absolute atomic E-state index is 0.0142. The number of carbonyl (C=O) groups excluding carboxylic acids is 4. The maximum absolute atomic E-state index is 13.1. The van der Waals surface area contributed by atoms with Crippen molar-refractivity contribution in [2.75, 3.05) is 12.3 Å². The van der Waals surface area contributed by atoms with Gasteiger partial charge in [0.1, 0.15) is 23.9 Å². The van der Waals surface area contributed by atoms with Crippen LogP contribution in [0.2, 0.25) is 0 Å². The smallest absolute Gasteiger partial charge is 0.326 e. The molecule has 0 fully saturated rings. The summed E-state index contributed by atoms with van der Waals surface area (Å²) in [6.45, 7) is 0.137. The van der Waals surface area contributed by atoms with Crippen LogP contribution in [-0.2, 0) is 30.4 Å². The second-order valence-electron chi connectivity index (χ2n) is 8.30. The molecule has 210 valence electrons. The third kappa shape index (κ3) is 11.8. The van der Waals surface area contributed by atoms with Crippen molar-refractivity contribution in [3.8, 4) is 5.75 Å². The van der Waals surface area contributed by atoms with Crippen molar-refractivity contribution in [3.05, 3.63) is 29.8 Å². The van der Waals surface area contributed by atoms with Crippen LogP contribution in [0.1, 0.15) is 24.8 Å². The molecule has 0 saturated carbocycles. The van der Waals surface area contributed by atoms with Gasteiger partial charge in [0.25, 0.3) is 0 Å². The van der Waals surface area contributed by atoms with Crippen molar-refractivity contribution < 1.29 is 34.2 Å². The van der Waals surface area contributed by atoms with E-state index >= 15 is 0 Å². The molecule has 4 unspecified atom stereocenters. The van der Waals surface area contributed by atoms with E-state index in [1.165, 1.54) is 24.3 Å². The number of hydrogen-bond donors (Lipinski definition) is 10. The van der Waals surface area contributed by atoms with Gasteiger partial charge in [0, 0.05) is 18.7 Å². The van der Waals surface area contributed by atoms with Crippen LogP contribution in [-0.4, -0.2) is 82.2 Å². The predicted octanol–water partition coefficient (Wildman–Crippen LogP) is -3.34. The summed E-state index contributed by atoms with van der Waals surface area (Å²) in [6, 6.07) is 0.530. The monoisotopic (exact) mass is 554 g/mol. The molecule has 0 radical (unpaired) electrons. The van der Waals surface area contributed by atoms with E-state index in [9.17, 15) is 34.2 Å². The SMILES string of the molecule is NC(=O)CC(NC(=O)C(N)CS)C(=O)NC(Cc1ccc(O)cc1)C(=O)NC(CCCN=C(N)N)C(=O)O. The van der Waals surface area contributed by atoms with E-state index in [1.54, 1.807) is 0 Å². The highest BCUT2D eigenvalue weighted by Crippen LogP contribution is 2.12. The lowest BCUT2D eigenvalue weighted by atomic mass is 10.0. The second-order valence-corrected chi connectivity index (χ2v) is 8.67. The number of phenols is 1. The molecule has 1 rings (SSSR count). The number of carbonyl (C=O) groups is 5. The number of aliphatic carboxylic acids is 1. The van der Waals surface area contributed by atoms with Crippen LogP contribution < -0.4 is 38.9 Å². The normalized spacial score (nSPS) is 13.7. The summed E-state index contributed by atoms with van der Waals surface area (Å²) >= 11 is 3.92. The zero-order valence-corrected chi connectivity index (χ0v) is 21.4. The van der Waals surface area contributed by atoms with Crippen LogP contribution in [0, 0.1) is 0 Å². The Bertz CT molecular complexity index is 1020. The number of nitrogens with two attached hydrogens (primary N) is 4. The molecule has 1 aromatic carbocycles. The third-order valence-electron chi connectivity index (χ3n) is 5.14. The Morgan fingerprint density at radius 3 is 1.97 bits per heavy atom. The molecule has 0 aliphatic heterocycles. The maximum Gasteiger partial charge on any atom is 0.326 e. The second kappa shape index (κ2) is 15.9. The standard InChI is InChI=1S/C22H34N8O7S/c23-13(10-38)18(33)29-16(9-17(24)32)20(35)30-15(8-11-3-5-12(31)6-4-11)19(34)28-14(21(36)37)2-1-7-27-22(25)26/h3-6,13-16,31,38H,1-2,7-10,23H2,(H2,24,32)(H,28,34)(H,29,33)(H,30,35)(H,36,37)(H4,25,26,27). The topological polar surface area (TPSA) is 278 Å². The number of amides is 4. The molecule has 0 aromatic heterocycles. The van der Waals surface area contributed by atoms with Crippen LogP contribution in [0.5, 0.6) is 5.75 Å². The fourth-order valence-electron chi connectivity index (χ4n) is 3.15. The van der Waals surface area contributed by atoms with Crippen LogP contribution in [0.25, 0.3) is 0 Å². The van der Waals surface area contributed by atoms with E-state index in [1.807, 2.05) is 0 Å². The van der Waals surface area contributed by atoms with Crippen LogP contribution >= 0.6 is 12.6 Å². The summed E-state index contributed by atoms with van der Waals surface area (Å²) in [7, 11) is 0. The van der Waals surface area contributed by atoms with Crippen molar-refractivity contribution in [1.29, 1.82) is 0 Å². The Labute approximate surface area is 224 Å². The fraction of sp³-hybridized carbons (Fsp3) is 0.455. The van der Waals surface area contributed by atoms with Crippen molar-refractivity contribution in [3.63, 3.8) is 0 Å². The molecule has 0 aliphatic carbocycles. The van der Waals surface area contributed by atoms with E-state index in [-0.39, 0.29) is 43.3 Å². The summed E-state index contributed by atoms with van der Waals surface area (Å²) in [4.78, 5) is 65.3. The Hall–Kier alpha value is -4.05. The number of primary amides is 1. The van der Waals surface area contributed by atoms with Gasteiger partial charge in [-0.05, 0) is 30.5 Å². The van der Waals surface area contributed by atoms with Crippen LogP contribution in [0.3, 0.4) is 0 Å². The lowest BCUT2D eigenvalue weighted by Gasteiger charge is -2.25. The molecular formula is C22H34N8O7S. The highest BCUT2D eigenvalue weighted by atomic mass is 32.1. The molecule has 15 nitrogen and oxygen atoms in total. The number of nitrogens with one attached hydrogen (secondary N) is 3. The average molecular weight is 555 g/mol. The Morgan fingerprint density at radius 1 is 0.895 bits per heavy atom. The first-order chi connectivity index (χ1) is 17.8. The molecule has 0 spiro atoms. The van der Waals surface area contributed by atoms with Crippen molar-refractivity contribution in [2.24, 2.45) is 27.9 Å². The molecule has 0 saturated heterocycles. The van der Waals surface area contributed by atoms with Gasteiger partial charge in [0.2, 0.25) is 23.6 Å². The van der Waals surface area contributed by atoms with E-state index in [2.05, 4.69) is 33.6 Å². The van der Waals surface area contributed by atoms with Crippen molar-refractivity contribution >= 4 is 48.2 Å². The zero-order chi connectivity index (χ0) is 28.8. The first kappa shape index (κ1) is 32.0. The summed E-state index contributed by atoms with van der Waals surface area (Å²) in [6.07, 6.45) is -0.486. The number of thiol groups is 1. The summed E-state index contributed by atoms with van der Waals surface area (Å²) in [5.74, 6) is -5.01. The van der Waals surface area contributed by atoms with Gasteiger partial charge in [0.05, 0.1) is 12.5 Å². The van der Waals surface area contributed by atoms with E-state index in [0.717, 1.165) is 0 Å². The number of aliphatic imine (C=N–C) groups is 1. The number of benzene rings is 1. The molecule has 4 atom stereocenters. The van der Waals surface area contributed by atoms with Gasteiger partial charge in [-0.15, -0.1) is 0 Å². The largest absolute Gasteiger partial charge is 0.508 e. The Morgan fingerprint density at radius 2 is 1.45 bits per heavy atom. The molecule has 13 N–H and O–H groups in total. The van der Waals surface area contributed by atoms with Gasteiger partial charge in [-0.3, -0.25) is 24.2 Å². The number of carboxylic acid groups (broad SMARTS) is 1. The molecule has 0 bridgehead atoms. The first-order valence-corrected chi connectivity index (χ1v) is 12.1. The Kier molecular flexibility index (Phi) is 13.4. The van der Waals surface area contributed by atoms with Crippen molar-refractivity contribution in [2.45, 2.75) is 49.9 Å². The minimum atomic E-state index is -1.46. The summed E-state index contributed by atoms with van der Waals surface area (Å²) < 4.78 is 0. The third-order valence-corrected chi connectivity index (χ3v) is 5.53. The highest BCUT2D eigenvalue weighted by molar-refractivity contribution is 7.80. The fourth-order valence-corrected chi connectivity index (χ4v) is 3.32. The molecule has 0 aliphatic rings. The van der Waals surface area contributed by atoms with Gasteiger partial charge >= 0.3 is 5.97 Å². The number of aromatic hydroxyl groups is 1. The van der Waals surface area contributed by atoms with Gasteiger partial charge < -0.3 is 49.1 Å². The predicted molar refractivity (Wildman–Crippen MR) is 141 cm³/mol. The first-order valence-electron chi connectivity index (χ1n) is 11.5. The van der Waals surface area contributed by atoms with Gasteiger partial charge in [-0.1, -0.05) is 12.1 Å². The molecule has 4 amide bonds. The number of hydrogen-bond acceptors (Lipinski definition) is 9. The number of carboxylic acids is 1. The van der Waals surface area contributed by atoms with E-state index in [0.29, 0.717) is 5.56 Å². The molecule has 16 heteroatoms. The lowest BCUT2D eigenvalue weighted by Crippen LogP contribution is -2.58. The highest BCUT2D eigenvalue weighted by Gasteiger charge is 2.31. The number of nitrogens with zero attached hydrogens (tertiary/aromatic N) is 1. The summed E-state index contributed by atoms with van der Waals surface area (Å²) in [5.41, 5.74) is 21.8. The molecule has 0 heterocycles. The van der Waals surface area contributed by atoms with Crippen LogP contribution in [0.15, 0.2) is 29.3 Å². The van der Waals surface area contributed by atoms with Gasteiger partial charge in [-0.25, -0.2) is 4.79 Å². The molecule has 38 heavy (non-hydrogen) atoms. The quantitative estimate of drug-likeness (QED) is 0.0419. The number of phenolic OH excluding ortho intramolecular Hbond substituents is 1. The summed E-state index contributed by atoms with van der Waals surface area (Å²) in [5, 5.41) is 26.2. The lowest BCUT2D eigenvalue weighted by molar-refractivity contribution is -0.142. The molecule has 1 aromatic rings. The van der Waals surface area contributed by atoms with Crippen molar-refractivity contribution in [1.82, 2.24) is 16.0 Å². The van der Waals surface area contributed by atoms with E-state index < -0.39 is 60.2 Å². The van der Waals surface area contributed by atoms with Gasteiger partial charge in [-0.2, -0.15) is 12.6 Å². The zero-order valence-electron chi connectivity index (χ0n) is 20.5. The molecular weight excluding hydrogens is 520 g/mol. The maximum atomic E-state index is 13.1. The van der Waals surface area contributed by atoms with Gasteiger partial charge in [0.15, 0.2) is 5.96 Å². The van der Waals surface area contributed by atoms with E-state index in [4.69, 9.17) is 22.9 Å². The minimum Gasteiger partial charge on any atom is -0.508 e.